The summed E-state index contributed by atoms with van der Waals surface area (Å²) in [4.78, 5) is 27.2. The molecule has 2 heterocycles. The first kappa shape index (κ1) is 20.2. The number of aromatic amines is 1. The third-order valence-electron chi connectivity index (χ3n) is 3.87. The number of nitrogens with one attached hydrogen (secondary N) is 4. The van der Waals surface area contributed by atoms with E-state index in [9.17, 15) is 4.79 Å². The van der Waals surface area contributed by atoms with Gasteiger partial charge in [0.1, 0.15) is 5.82 Å². The lowest BCUT2D eigenvalue weighted by Crippen LogP contribution is -2.22. The molecule has 2 aromatic heterocycles. The van der Waals surface area contributed by atoms with E-state index in [2.05, 4.69) is 46.0 Å². The van der Waals surface area contributed by atoms with Crippen LogP contribution >= 0.6 is 0 Å². The highest BCUT2D eigenvalue weighted by atomic mass is 16.1. The van der Waals surface area contributed by atoms with E-state index in [1.54, 1.807) is 13.0 Å². The van der Waals surface area contributed by atoms with E-state index in [0.717, 1.165) is 18.8 Å². The Kier molecular flexibility index (Phi) is 6.69. The van der Waals surface area contributed by atoms with Crippen LogP contribution < -0.4 is 16.0 Å². The first-order valence-electron chi connectivity index (χ1n) is 9.25. The van der Waals surface area contributed by atoms with Gasteiger partial charge in [-0.3, -0.25) is 9.89 Å². The molecule has 152 valence electrons. The zero-order chi connectivity index (χ0) is 20.6. The van der Waals surface area contributed by atoms with Gasteiger partial charge in [0, 0.05) is 30.5 Å². The summed E-state index contributed by atoms with van der Waals surface area (Å²) in [6, 6.07) is 11.1. The van der Waals surface area contributed by atoms with Gasteiger partial charge in [-0.15, -0.1) is 0 Å². The van der Waals surface area contributed by atoms with E-state index in [1.165, 1.54) is 0 Å². The molecule has 10 nitrogen and oxygen atoms in total. The smallest absolute Gasteiger partial charge is 0.233 e. The van der Waals surface area contributed by atoms with E-state index in [1.807, 2.05) is 44.4 Å². The van der Waals surface area contributed by atoms with Crippen molar-refractivity contribution in [3.8, 4) is 0 Å². The second kappa shape index (κ2) is 9.60. The molecular formula is C19H25N9O. The SMILES string of the molecule is Cc1nc(NCCN(C)C)nc(Nc2cc(CC(=O)Nc3ccccc3)[nH]n2)n1. The second-order valence-electron chi connectivity index (χ2n) is 6.75. The fraction of sp³-hybridized carbons (Fsp3) is 0.316. The Morgan fingerprint density at radius 2 is 1.86 bits per heavy atom. The number of likely N-dealkylation sites (N-methyl/N-ethyl adjacent to an activating group) is 1. The molecule has 1 amide bonds. The van der Waals surface area contributed by atoms with Gasteiger partial charge in [-0.2, -0.15) is 20.1 Å². The van der Waals surface area contributed by atoms with Gasteiger partial charge in [0.25, 0.3) is 0 Å². The molecule has 29 heavy (non-hydrogen) atoms. The summed E-state index contributed by atoms with van der Waals surface area (Å²) in [7, 11) is 4.01. The van der Waals surface area contributed by atoms with E-state index in [0.29, 0.717) is 29.2 Å². The number of nitrogens with zero attached hydrogens (tertiary/aromatic N) is 5. The van der Waals surface area contributed by atoms with Crippen LogP contribution in [0.5, 0.6) is 0 Å². The summed E-state index contributed by atoms with van der Waals surface area (Å²) in [5, 5.41) is 16.1. The molecule has 0 radical (unpaired) electrons. The zero-order valence-corrected chi connectivity index (χ0v) is 16.7. The monoisotopic (exact) mass is 395 g/mol. The largest absolute Gasteiger partial charge is 0.353 e. The van der Waals surface area contributed by atoms with Crippen LogP contribution in [-0.4, -0.2) is 63.1 Å². The quantitative estimate of drug-likeness (QED) is 0.432. The van der Waals surface area contributed by atoms with Crippen LogP contribution in [0.1, 0.15) is 11.5 Å². The van der Waals surface area contributed by atoms with Crippen molar-refractivity contribution in [1.29, 1.82) is 0 Å². The van der Waals surface area contributed by atoms with Crippen LogP contribution in [-0.2, 0) is 11.2 Å². The predicted octanol–water partition coefficient (Wildman–Crippen LogP) is 1.80. The molecular weight excluding hydrogens is 370 g/mol. The van der Waals surface area contributed by atoms with Crippen molar-refractivity contribution in [2.24, 2.45) is 0 Å². The molecule has 0 saturated heterocycles. The number of aryl methyl sites for hydroxylation is 1. The number of amides is 1. The number of rotatable bonds is 9. The van der Waals surface area contributed by atoms with Gasteiger partial charge >= 0.3 is 0 Å². The molecule has 0 aliphatic carbocycles. The standard InChI is InChI=1S/C19H25N9O/c1-13-21-18(20-9-10-28(2)3)25-19(22-13)24-16-11-15(26-27-16)12-17(29)23-14-7-5-4-6-8-14/h4-8,11H,9-10,12H2,1-3H3,(H,23,29)(H3,20,21,22,24,25,26,27). The highest BCUT2D eigenvalue weighted by Crippen LogP contribution is 2.14. The molecule has 0 saturated carbocycles. The number of para-hydroxylation sites is 1. The second-order valence-corrected chi connectivity index (χ2v) is 6.75. The van der Waals surface area contributed by atoms with Gasteiger partial charge < -0.3 is 20.9 Å². The molecule has 0 fully saturated rings. The first-order valence-corrected chi connectivity index (χ1v) is 9.25. The molecule has 3 rings (SSSR count). The van der Waals surface area contributed by atoms with Crippen molar-refractivity contribution in [2.45, 2.75) is 13.3 Å². The maximum absolute atomic E-state index is 12.2. The lowest BCUT2D eigenvalue weighted by molar-refractivity contribution is -0.115. The summed E-state index contributed by atoms with van der Waals surface area (Å²) >= 11 is 0. The Hall–Kier alpha value is -3.53. The van der Waals surface area contributed by atoms with Crippen LogP contribution in [0.3, 0.4) is 0 Å². The molecule has 0 bridgehead atoms. The molecule has 3 aromatic rings. The maximum Gasteiger partial charge on any atom is 0.233 e. The number of aromatic nitrogens is 5. The van der Waals surface area contributed by atoms with E-state index in [-0.39, 0.29) is 12.3 Å². The van der Waals surface area contributed by atoms with Crippen molar-refractivity contribution in [3.05, 3.63) is 47.9 Å². The minimum absolute atomic E-state index is 0.130. The van der Waals surface area contributed by atoms with Crippen molar-refractivity contribution < 1.29 is 4.79 Å². The minimum Gasteiger partial charge on any atom is -0.353 e. The Balaban J connectivity index is 1.58. The van der Waals surface area contributed by atoms with Gasteiger partial charge in [0.05, 0.1) is 6.42 Å². The van der Waals surface area contributed by atoms with Gasteiger partial charge in [-0.25, -0.2) is 0 Å². The first-order chi connectivity index (χ1) is 14.0. The minimum atomic E-state index is -0.130. The topological polar surface area (TPSA) is 124 Å². The normalized spacial score (nSPS) is 10.8. The van der Waals surface area contributed by atoms with Crippen molar-refractivity contribution in [3.63, 3.8) is 0 Å². The fourth-order valence-electron chi connectivity index (χ4n) is 2.54. The van der Waals surface area contributed by atoms with Crippen LogP contribution in [0.15, 0.2) is 36.4 Å². The summed E-state index contributed by atoms with van der Waals surface area (Å²) in [5.41, 5.74) is 1.43. The molecule has 4 N–H and O–H groups in total. The molecule has 10 heteroatoms. The summed E-state index contributed by atoms with van der Waals surface area (Å²) in [6.07, 6.45) is 0.178. The van der Waals surface area contributed by atoms with E-state index < -0.39 is 0 Å². The number of H-pyrrole nitrogens is 1. The van der Waals surface area contributed by atoms with Gasteiger partial charge in [-0.1, -0.05) is 18.2 Å². The van der Waals surface area contributed by atoms with E-state index >= 15 is 0 Å². The molecule has 0 spiro atoms. The molecule has 0 unspecified atom stereocenters. The lowest BCUT2D eigenvalue weighted by Gasteiger charge is -2.11. The Morgan fingerprint density at radius 1 is 1.10 bits per heavy atom. The van der Waals surface area contributed by atoms with Crippen molar-refractivity contribution in [1.82, 2.24) is 30.0 Å². The highest BCUT2D eigenvalue weighted by molar-refractivity contribution is 5.92. The van der Waals surface area contributed by atoms with Gasteiger partial charge in [-0.05, 0) is 33.2 Å². The van der Waals surface area contributed by atoms with Crippen LogP contribution in [0.25, 0.3) is 0 Å². The van der Waals surface area contributed by atoms with E-state index in [4.69, 9.17) is 0 Å². The molecule has 0 atom stereocenters. The number of carbonyl (C=O) groups is 1. The zero-order valence-electron chi connectivity index (χ0n) is 16.7. The number of anilines is 4. The number of hydrogen-bond acceptors (Lipinski definition) is 8. The number of carbonyl (C=O) groups excluding carboxylic acids is 1. The third kappa shape index (κ3) is 6.54. The fourth-order valence-corrected chi connectivity index (χ4v) is 2.54. The molecule has 0 aliphatic heterocycles. The molecule has 0 aliphatic rings. The Bertz CT molecular complexity index is 940. The average molecular weight is 395 g/mol. The summed E-state index contributed by atoms with van der Waals surface area (Å²) in [6.45, 7) is 3.38. The summed E-state index contributed by atoms with van der Waals surface area (Å²) < 4.78 is 0. The van der Waals surface area contributed by atoms with Crippen molar-refractivity contribution >= 4 is 29.3 Å². The molecule has 1 aromatic carbocycles. The Morgan fingerprint density at radius 3 is 2.62 bits per heavy atom. The number of hydrogen-bond donors (Lipinski definition) is 4. The third-order valence-corrected chi connectivity index (χ3v) is 3.87. The van der Waals surface area contributed by atoms with Gasteiger partial charge in [0.15, 0.2) is 5.82 Å². The maximum atomic E-state index is 12.2. The van der Waals surface area contributed by atoms with Crippen LogP contribution in [0.2, 0.25) is 0 Å². The van der Waals surface area contributed by atoms with Gasteiger partial charge in [0.2, 0.25) is 17.8 Å². The van der Waals surface area contributed by atoms with Crippen LogP contribution in [0.4, 0.5) is 23.4 Å². The lowest BCUT2D eigenvalue weighted by atomic mass is 10.2. The Labute approximate surface area is 169 Å². The highest BCUT2D eigenvalue weighted by Gasteiger charge is 2.10. The average Bonchev–Trinajstić information content (AvgIpc) is 3.08. The van der Waals surface area contributed by atoms with Crippen molar-refractivity contribution in [2.75, 3.05) is 43.1 Å². The van der Waals surface area contributed by atoms with Crippen LogP contribution in [0, 0.1) is 6.92 Å². The predicted molar refractivity (Wildman–Crippen MR) is 112 cm³/mol. The number of benzene rings is 1. The summed E-state index contributed by atoms with van der Waals surface area (Å²) in [5.74, 6) is 1.87.